The van der Waals surface area contributed by atoms with Gasteiger partial charge in [-0.25, -0.2) is 13.4 Å². The molecule has 3 rings (SSSR count). The van der Waals surface area contributed by atoms with Crippen molar-refractivity contribution in [1.82, 2.24) is 4.98 Å². The van der Waals surface area contributed by atoms with Gasteiger partial charge in [-0.05, 0) is 56.3 Å². The Morgan fingerprint density at radius 2 is 1.74 bits per heavy atom. The minimum atomic E-state index is -3.90. The number of benzene rings is 2. The molecule has 2 amide bonds. The number of fused-ring (bicyclic) bond motifs is 1. The van der Waals surface area contributed by atoms with Crippen LogP contribution in [-0.4, -0.2) is 37.1 Å². The fourth-order valence-corrected chi connectivity index (χ4v) is 4.60. The zero-order valence-corrected chi connectivity index (χ0v) is 18.8. The maximum absolute atomic E-state index is 12.3. The summed E-state index contributed by atoms with van der Waals surface area (Å²) in [7, 11) is -3.90. The lowest BCUT2D eigenvalue weighted by Gasteiger charge is -2.11. The van der Waals surface area contributed by atoms with Crippen molar-refractivity contribution in [2.45, 2.75) is 26.9 Å². The third kappa shape index (κ3) is 6.66. The van der Waals surface area contributed by atoms with Gasteiger partial charge in [-0.2, -0.15) is 0 Å². The Morgan fingerprint density at radius 3 is 2.39 bits per heavy atom. The summed E-state index contributed by atoms with van der Waals surface area (Å²) < 4.78 is 33.3. The van der Waals surface area contributed by atoms with Crippen LogP contribution >= 0.6 is 11.3 Å². The first-order valence-electron chi connectivity index (χ1n) is 9.35. The lowest BCUT2D eigenvalue weighted by Crippen LogP contribution is -2.27. The molecule has 0 unspecified atom stereocenters. The van der Waals surface area contributed by atoms with Crippen LogP contribution in [0.4, 0.5) is 16.5 Å². The zero-order valence-electron chi connectivity index (χ0n) is 17.1. The highest BCUT2D eigenvalue weighted by Gasteiger charge is 2.17. The van der Waals surface area contributed by atoms with E-state index in [1.807, 2.05) is 13.8 Å². The number of sulfonamides is 1. The van der Waals surface area contributed by atoms with E-state index >= 15 is 0 Å². The molecule has 1 heterocycles. The predicted molar refractivity (Wildman–Crippen MR) is 122 cm³/mol. The van der Waals surface area contributed by atoms with Crippen LogP contribution in [0.25, 0.3) is 10.2 Å². The monoisotopic (exact) mass is 462 g/mol. The van der Waals surface area contributed by atoms with Gasteiger partial charge in [0, 0.05) is 18.3 Å². The van der Waals surface area contributed by atoms with E-state index in [1.165, 1.54) is 18.3 Å². The first-order chi connectivity index (χ1) is 14.6. The van der Waals surface area contributed by atoms with Gasteiger partial charge in [0.1, 0.15) is 11.5 Å². The number of ether oxygens (including phenoxy) is 1. The maximum Gasteiger partial charge on any atom is 0.241 e. The number of anilines is 3. The Bertz CT molecular complexity index is 1200. The van der Waals surface area contributed by atoms with E-state index in [0.717, 1.165) is 4.70 Å². The lowest BCUT2D eigenvalue weighted by molar-refractivity contribution is -0.114. The highest BCUT2D eigenvalue weighted by molar-refractivity contribution is 7.93. The number of hydrogen-bond donors (Lipinski definition) is 3. The van der Waals surface area contributed by atoms with E-state index in [2.05, 4.69) is 20.3 Å². The maximum atomic E-state index is 12.3. The molecular weight excluding hydrogens is 440 g/mol. The number of aromatic nitrogens is 1. The van der Waals surface area contributed by atoms with E-state index in [4.69, 9.17) is 4.74 Å². The van der Waals surface area contributed by atoms with Gasteiger partial charge in [-0.1, -0.05) is 11.3 Å². The van der Waals surface area contributed by atoms with Crippen LogP contribution in [0.5, 0.6) is 5.75 Å². The molecule has 0 aliphatic heterocycles. The van der Waals surface area contributed by atoms with Gasteiger partial charge in [0.25, 0.3) is 0 Å². The Kier molecular flexibility index (Phi) is 6.76. The fourth-order valence-electron chi connectivity index (χ4n) is 2.67. The minimum Gasteiger partial charge on any atom is -0.491 e. The highest BCUT2D eigenvalue weighted by atomic mass is 32.2. The van der Waals surface area contributed by atoms with Crippen LogP contribution in [0, 0.1) is 0 Å². The van der Waals surface area contributed by atoms with Gasteiger partial charge in [-0.3, -0.25) is 14.3 Å². The summed E-state index contributed by atoms with van der Waals surface area (Å²) in [6, 6.07) is 11.4. The largest absolute Gasteiger partial charge is 0.491 e. The molecule has 164 valence electrons. The van der Waals surface area contributed by atoms with Crippen molar-refractivity contribution in [2.75, 3.05) is 21.1 Å². The number of hydrogen-bond acceptors (Lipinski definition) is 7. The summed E-state index contributed by atoms with van der Waals surface area (Å²) in [6.45, 7) is 5.17. The Hall–Kier alpha value is -3.18. The zero-order chi connectivity index (χ0) is 22.6. The molecule has 0 spiro atoms. The molecule has 0 radical (unpaired) electrons. The van der Waals surface area contributed by atoms with Crippen LogP contribution in [0.3, 0.4) is 0 Å². The second-order valence-corrected chi connectivity index (χ2v) is 9.74. The summed E-state index contributed by atoms with van der Waals surface area (Å²) >= 11 is 1.25. The topological polar surface area (TPSA) is 126 Å². The normalized spacial score (nSPS) is 11.4. The molecule has 9 nitrogen and oxygen atoms in total. The molecule has 31 heavy (non-hydrogen) atoms. The van der Waals surface area contributed by atoms with E-state index in [0.29, 0.717) is 27.8 Å². The second kappa shape index (κ2) is 9.31. The molecule has 0 fully saturated rings. The van der Waals surface area contributed by atoms with Gasteiger partial charge in [0.05, 0.1) is 16.3 Å². The molecule has 1 aromatic heterocycles. The average molecular weight is 463 g/mol. The van der Waals surface area contributed by atoms with Crippen molar-refractivity contribution in [3.8, 4) is 5.75 Å². The number of nitrogens with one attached hydrogen (secondary N) is 3. The van der Waals surface area contributed by atoms with Crippen molar-refractivity contribution >= 4 is 59.9 Å². The molecule has 0 bridgehead atoms. The summed E-state index contributed by atoms with van der Waals surface area (Å²) in [5, 5.41) is 5.62. The van der Waals surface area contributed by atoms with E-state index in [1.54, 1.807) is 42.5 Å². The molecule has 11 heteroatoms. The SMILES string of the molecule is CC(=O)Nc1nc2ccc(NC(=O)CS(=O)(=O)Nc3ccc(OC(C)C)cc3)cc2s1. The summed E-state index contributed by atoms with van der Waals surface area (Å²) in [6.07, 6.45) is 0.00686. The van der Waals surface area contributed by atoms with Gasteiger partial charge in [-0.15, -0.1) is 0 Å². The van der Waals surface area contributed by atoms with Crippen molar-refractivity contribution in [2.24, 2.45) is 0 Å². The van der Waals surface area contributed by atoms with Gasteiger partial charge >= 0.3 is 0 Å². The molecule has 2 aromatic carbocycles. The summed E-state index contributed by atoms with van der Waals surface area (Å²) in [4.78, 5) is 27.7. The highest BCUT2D eigenvalue weighted by Crippen LogP contribution is 2.28. The number of amides is 2. The van der Waals surface area contributed by atoms with Gasteiger partial charge in [0.15, 0.2) is 5.13 Å². The quantitative estimate of drug-likeness (QED) is 0.471. The molecule has 0 saturated carbocycles. The molecule has 0 aliphatic rings. The summed E-state index contributed by atoms with van der Waals surface area (Å²) in [5.74, 6) is -1.03. The van der Waals surface area contributed by atoms with Gasteiger partial charge < -0.3 is 15.4 Å². The van der Waals surface area contributed by atoms with Crippen LogP contribution < -0.4 is 20.1 Å². The van der Waals surface area contributed by atoms with E-state index in [9.17, 15) is 18.0 Å². The molecule has 0 saturated heterocycles. The molecule has 3 aromatic rings. The number of nitrogens with zero attached hydrogens (tertiary/aromatic N) is 1. The smallest absolute Gasteiger partial charge is 0.241 e. The number of carbonyl (C=O) groups excluding carboxylic acids is 2. The van der Waals surface area contributed by atoms with Crippen LogP contribution in [0.1, 0.15) is 20.8 Å². The molecular formula is C20H22N4O5S2. The Morgan fingerprint density at radius 1 is 1.06 bits per heavy atom. The Balaban J connectivity index is 1.61. The number of carbonyl (C=O) groups is 2. The van der Waals surface area contributed by atoms with Crippen LogP contribution in [-0.2, 0) is 19.6 Å². The van der Waals surface area contributed by atoms with E-state index in [-0.39, 0.29) is 12.0 Å². The number of rotatable bonds is 8. The fraction of sp³-hybridized carbons (Fsp3) is 0.250. The van der Waals surface area contributed by atoms with Crippen molar-refractivity contribution in [1.29, 1.82) is 0 Å². The second-order valence-electron chi connectivity index (χ2n) is 6.98. The van der Waals surface area contributed by atoms with Crippen LogP contribution in [0.2, 0.25) is 0 Å². The third-order valence-corrected chi connectivity index (χ3v) is 5.90. The van der Waals surface area contributed by atoms with Gasteiger partial charge in [0.2, 0.25) is 21.8 Å². The van der Waals surface area contributed by atoms with E-state index < -0.39 is 21.7 Å². The average Bonchev–Trinajstić information content (AvgIpc) is 3.02. The standard InChI is InChI=1S/C20H22N4O5S2/c1-12(2)29-16-7-4-14(5-8-16)24-31(27,28)11-19(26)22-15-6-9-17-18(10-15)30-20(23-17)21-13(3)25/h4-10,12,24H,11H2,1-3H3,(H,22,26)(H,21,23,25). The molecule has 0 atom stereocenters. The third-order valence-electron chi connectivity index (χ3n) is 3.78. The summed E-state index contributed by atoms with van der Waals surface area (Å²) in [5.41, 5.74) is 1.42. The predicted octanol–water partition coefficient (Wildman–Crippen LogP) is 3.42. The Labute approximate surface area is 183 Å². The van der Waals surface area contributed by atoms with Crippen molar-refractivity contribution in [3.63, 3.8) is 0 Å². The minimum absolute atomic E-state index is 0.00686. The number of thiazole rings is 1. The molecule has 3 N–H and O–H groups in total. The lowest BCUT2D eigenvalue weighted by atomic mass is 10.3. The first kappa shape index (κ1) is 22.5. The first-order valence-corrected chi connectivity index (χ1v) is 11.8. The van der Waals surface area contributed by atoms with Crippen molar-refractivity contribution in [3.05, 3.63) is 42.5 Å². The van der Waals surface area contributed by atoms with Crippen LogP contribution in [0.15, 0.2) is 42.5 Å². The van der Waals surface area contributed by atoms with Crippen molar-refractivity contribution < 1.29 is 22.7 Å². The molecule has 0 aliphatic carbocycles.